The number of carbonyl (C=O) groups is 1. The molecule has 106 valence electrons. The summed E-state index contributed by atoms with van der Waals surface area (Å²) in [5, 5.41) is 0. The van der Waals surface area contributed by atoms with E-state index in [4.69, 9.17) is 0 Å². The molecule has 0 bridgehead atoms. The lowest BCUT2D eigenvalue weighted by atomic mass is 9.77. The molecule has 0 aliphatic heterocycles. The van der Waals surface area contributed by atoms with Crippen LogP contribution in [0.15, 0.2) is 0 Å². The minimum atomic E-state index is 0.421. The molecule has 0 spiro atoms. The summed E-state index contributed by atoms with van der Waals surface area (Å²) in [5.74, 6) is 1.92. The molecule has 0 aromatic heterocycles. The molecule has 18 heavy (non-hydrogen) atoms. The van der Waals surface area contributed by atoms with Crippen LogP contribution in [0.5, 0.6) is 0 Å². The van der Waals surface area contributed by atoms with Crippen LogP contribution in [0.1, 0.15) is 90.9 Å². The third kappa shape index (κ3) is 6.02. The van der Waals surface area contributed by atoms with Crippen molar-refractivity contribution in [3.05, 3.63) is 0 Å². The summed E-state index contributed by atoms with van der Waals surface area (Å²) in [6.45, 7) is 4.49. The summed E-state index contributed by atoms with van der Waals surface area (Å²) < 4.78 is 0. The van der Waals surface area contributed by atoms with Crippen molar-refractivity contribution in [3.8, 4) is 0 Å². The maximum Gasteiger partial charge on any atom is 0.135 e. The molecule has 0 radical (unpaired) electrons. The fraction of sp³-hybridized carbons (Fsp3) is 0.941. The van der Waals surface area contributed by atoms with Gasteiger partial charge in [-0.15, -0.1) is 0 Å². The summed E-state index contributed by atoms with van der Waals surface area (Å²) in [4.78, 5) is 12.1. The topological polar surface area (TPSA) is 17.1 Å². The zero-order chi connectivity index (χ0) is 13.2. The van der Waals surface area contributed by atoms with Crippen molar-refractivity contribution in [2.45, 2.75) is 90.9 Å². The smallest absolute Gasteiger partial charge is 0.135 e. The summed E-state index contributed by atoms with van der Waals surface area (Å²) in [5.41, 5.74) is 0. The molecule has 1 nitrogen and oxygen atoms in total. The first-order valence-electron chi connectivity index (χ1n) is 8.30. The van der Waals surface area contributed by atoms with Crippen molar-refractivity contribution < 1.29 is 4.79 Å². The number of rotatable bonds is 9. The zero-order valence-corrected chi connectivity index (χ0v) is 12.5. The molecule has 0 saturated heterocycles. The number of Topliss-reactive ketones (excluding diaryl/α,β-unsaturated/α-hetero) is 1. The summed E-state index contributed by atoms with van der Waals surface area (Å²) in [6, 6.07) is 0. The molecule has 1 fully saturated rings. The van der Waals surface area contributed by atoms with Crippen molar-refractivity contribution in [1.29, 1.82) is 0 Å². The lowest BCUT2D eigenvalue weighted by Gasteiger charge is -2.27. The van der Waals surface area contributed by atoms with Crippen LogP contribution in [0, 0.1) is 11.8 Å². The van der Waals surface area contributed by atoms with Gasteiger partial charge >= 0.3 is 0 Å². The van der Waals surface area contributed by atoms with Crippen molar-refractivity contribution in [2.24, 2.45) is 11.8 Å². The molecule has 0 N–H and O–H groups in total. The Bertz CT molecular complexity index is 214. The molecular formula is C17H32O. The molecule has 0 aromatic rings. The van der Waals surface area contributed by atoms with Gasteiger partial charge < -0.3 is 0 Å². The summed E-state index contributed by atoms with van der Waals surface area (Å²) in [6.07, 6.45) is 14.8. The number of hydrogen-bond donors (Lipinski definition) is 0. The normalized spacial score (nSPS) is 24.1. The minimum absolute atomic E-state index is 0.421. The first kappa shape index (κ1) is 15.7. The highest BCUT2D eigenvalue weighted by Crippen LogP contribution is 2.33. The van der Waals surface area contributed by atoms with E-state index in [0.717, 1.165) is 18.8 Å². The molecule has 1 aliphatic rings. The van der Waals surface area contributed by atoms with Crippen molar-refractivity contribution in [3.63, 3.8) is 0 Å². The highest BCUT2D eigenvalue weighted by molar-refractivity contribution is 5.80. The molecular weight excluding hydrogens is 220 g/mol. The minimum Gasteiger partial charge on any atom is -0.299 e. The van der Waals surface area contributed by atoms with Crippen LogP contribution in [-0.4, -0.2) is 5.78 Å². The largest absolute Gasteiger partial charge is 0.299 e. The molecule has 1 aliphatic carbocycles. The van der Waals surface area contributed by atoms with E-state index >= 15 is 0 Å². The average molecular weight is 252 g/mol. The van der Waals surface area contributed by atoms with Gasteiger partial charge in [0, 0.05) is 12.3 Å². The third-order valence-electron chi connectivity index (χ3n) is 4.54. The van der Waals surface area contributed by atoms with Crippen LogP contribution in [0.4, 0.5) is 0 Å². The fourth-order valence-corrected chi connectivity index (χ4v) is 3.20. The molecule has 1 saturated carbocycles. The van der Waals surface area contributed by atoms with E-state index in [1.165, 1.54) is 64.2 Å². The van der Waals surface area contributed by atoms with Gasteiger partial charge in [0.1, 0.15) is 5.78 Å². The maximum atomic E-state index is 12.1. The highest BCUT2D eigenvalue weighted by atomic mass is 16.1. The van der Waals surface area contributed by atoms with Crippen molar-refractivity contribution in [2.75, 3.05) is 0 Å². The highest BCUT2D eigenvalue weighted by Gasteiger charge is 2.25. The van der Waals surface area contributed by atoms with Crippen molar-refractivity contribution in [1.82, 2.24) is 0 Å². The predicted molar refractivity (Wildman–Crippen MR) is 78.7 cm³/mol. The third-order valence-corrected chi connectivity index (χ3v) is 4.54. The Morgan fingerprint density at radius 2 is 1.56 bits per heavy atom. The summed E-state index contributed by atoms with van der Waals surface area (Å²) >= 11 is 0. The number of ketones is 1. The molecule has 0 amide bonds. The van der Waals surface area contributed by atoms with Gasteiger partial charge in [-0.1, -0.05) is 52.4 Å². The molecule has 0 atom stereocenters. The fourth-order valence-electron chi connectivity index (χ4n) is 3.20. The molecule has 0 heterocycles. The van der Waals surface area contributed by atoms with Gasteiger partial charge in [0.2, 0.25) is 0 Å². The quantitative estimate of drug-likeness (QED) is 0.494. The second kappa shape index (κ2) is 9.58. The van der Waals surface area contributed by atoms with Crippen LogP contribution < -0.4 is 0 Å². The van der Waals surface area contributed by atoms with Crippen LogP contribution in [0.25, 0.3) is 0 Å². The second-order valence-electron chi connectivity index (χ2n) is 6.14. The Morgan fingerprint density at radius 1 is 0.889 bits per heavy atom. The van der Waals surface area contributed by atoms with Gasteiger partial charge in [0.15, 0.2) is 0 Å². The van der Waals surface area contributed by atoms with Crippen molar-refractivity contribution >= 4 is 5.78 Å². The van der Waals surface area contributed by atoms with Gasteiger partial charge in [-0.3, -0.25) is 4.79 Å². The van der Waals surface area contributed by atoms with Crippen LogP contribution in [0.3, 0.4) is 0 Å². The van der Waals surface area contributed by atoms with E-state index in [0.29, 0.717) is 11.7 Å². The second-order valence-corrected chi connectivity index (χ2v) is 6.14. The molecule has 0 aromatic carbocycles. The molecule has 0 unspecified atom stereocenters. The number of unbranched alkanes of at least 4 members (excludes halogenated alkanes) is 4. The first-order chi connectivity index (χ1) is 8.77. The van der Waals surface area contributed by atoms with E-state index < -0.39 is 0 Å². The number of hydrogen-bond acceptors (Lipinski definition) is 1. The van der Waals surface area contributed by atoms with Gasteiger partial charge in [-0.25, -0.2) is 0 Å². The molecule has 1 rings (SSSR count). The average Bonchev–Trinajstić information content (AvgIpc) is 2.41. The van der Waals surface area contributed by atoms with E-state index in [1.54, 1.807) is 0 Å². The lowest BCUT2D eigenvalue weighted by Crippen LogP contribution is -2.21. The van der Waals surface area contributed by atoms with Crippen LogP contribution in [0.2, 0.25) is 0 Å². The predicted octanol–water partition coefficient (Wildman–Crippen LogP) is 5.52. The summed E-state index contributed by atoms with van der Waals surface area (Å²) in [7, 11) is 0. The van der Waals surface area contributed by atoms with E-state index in [2.05, 4.69) is 13.8 Å². The molecule has 1 heteroatoms. The van der Waals surface area contributed by atoms with Gasteiger partial charge in [-0.2, -0.15) is 0 Å². The Balaban J connectivity index is 2.11. The Labute approximate surface area is 114 Å². The number of carbonyl (C=O) groups excluding carboxylic acids is 1. The Morgan fingerprint density at radius 3 is 2.17 bits per heavy atom. The van der Waals surface area contributed by atoms with E-state index in [9.17, 15) is 4.79 Å². The maximum absolute atomic E-state index is 12.1. The van der Waals surface area contributed by atoms with Gasteiger partial charge in [0.05, 0.1) is 0 Å². The van der Waals surface area contributed by atoms with Crippen LogP contribution in [-0.2, 0) is 4.79 Å². The lowest BCUT2D eigenvalue weighted by molar-refractivity contribution is -0.124. The van der Waals surface area contributed by atoms with E-state index in [-0.39, 0.29) is 0 Å². The Hall–Kier alpha value is -0.330. The first-order valence-corrected chi connectivity index (χ1v) is 8.30. The van der Waals surface area contributed by atoms with Gasteiger partial charge in [0.25, 0.3) is 0 Å². The van der Waals surface area contributed by atoms with E-state index in [1.807, 2.05) is 0 Å². The van der Waals surface area contributed by atoms with Gasteiger partial charge in [-0.05, 0) is 38.0 Å². The monoisotopic (exact) mass is 252 g/mol. The Kier molecular flexibility index (Phi) is 8.37. The van der Waals surface area contributed by atoms with Crippen LogP contribution >= 0.6 is 0 Å². The SMILES string of the molecule is CCCCCCC(=O)C1CCC(CCCC)CC1. The zero-order valence-electron chi connectivity index (χ0n) is 12.5. The standard InChI is InChI=1S/C17H32O/c1-3-5-7-8-10-17(18)16-13-11-15(12-14-16)9-6-4-2/h15-16H,3-14H2,1-2H3.